The van der Waals surface area contributed by atoms with Crippen LogP contribution in [0.5, 0.6) is 5.75 Å². The molecule has 2 aromatic rings. The Morgan fingerprint density at radius 1 is 1.46 bits per heavy atom. The average molecular weight is 328 g/mol. The van der Waals surface area contributed by atoms with E-state index < -0.39 is 0 Å². The molecule has 2 atom stereocenters. The van der Waals surface area contributed by atoms with Gasteiger partial charge in [0.25, 0.3) is 0 Å². The van der Waals surface area contributed by atoms with Crippen LogP contribution >= 0.6 is 0 Å². The first-order chi connectivity index (χ1) is 11.6. The van der Waals surface area contributed by atoms with Crippen LogP contribution in [0.25, 0.3) is 0 Å². The molecule has 0 aliphatic heterocycles. The molecule has 24 heavy (non-hydrogen) atoms. The molecule has 128 valence electrons. The Kier molecular flexibility index (Phi) is 4.46. The number of guanidine groups is 1. The summed E-state index contributed by atoms with van der Waals surface area (Å²) >= 11 is 0. The van der Waals surface area contributed by atoms with Crippen molar-refractivity contribution in [1.29, 1.82) is 0 Å². The highest BCUT2D eigenvalue weighted by molar-refractivity contribution is 5.80. The third-order valence-electron chi connectivity index (χ3n) is 4.73. The first kappa shape index (κ1) is 16.4. The van der Waals surface area contributed by atoms with Crippen molar-refractivity contribution in [3.8, 4) is 5.75 Å². The highest BCUT2D eigenvalue weighted by atomic mass is 16.5. The van der Waals surface area contributed by atoms with Crippen LogP contribution in [0.1, 0.15) is 24.6 Å². The zero-order valence-corrected chi connectivity index (χ0v) is 14.6. The van der Waals surface area contributed by atoms with Gasteiger partial charge in [0.2, 0.25) is 0 Å². The molecular weight excluding hydrogens is 304 g/mol. The maximum absolute atomic E-state index is 5.52. The number of aliphatic imine (C=N–C) groups is 1. The smallest absolute Gasteiger partial charge is 0.193 e. The SMILES string of the molecule is CN=C(NC1CC1(C)c1ccccc1OC)N(C)Cc1ccon1. The van der Waals surface area contributed by atoms with Crippen LogP contribution in [0.3, 0.4) is 0 Å². The Morgan fingerprint density at radius 2 is 2.25 bits per heavy atom. The Labute approximate surface area is 142 Å². The fraction of sp³-hybridized carbons (Fsp3) is 0.444. The number of hydrogen-bond donors (Lipinski definition) is 1. The van der Waals surface area contributed by atoms with Gasteiger partial charge in [-0.3, -0.25) is 4.99 Å². The molecule has 0 spiro atoms. The third-order valence-corrected chi connectivity index (χ3v) is 4.73. The minimum Gasteiger partial charge on any atom is -0.496 e. The lowest BCUT2D eigenvalue weighted by molar-refractivity contribution is 0.390. The van der Waals surface area contributed by atoms with Crippen molar-refractivity contribution in [3.63, 3.8) is 0 Å². The van der Waals surface area contributed by atoms with E-state index in [-0.39, 0.29) is 5.41 Å². The van der Waals surface area contributed by atoms with E-state index >= 15 is 0 Å². The fourth-order valence-corrected chi connectivity index (χ4v) is 3.13. The van der Waals surface area contributed by atoms with E-state index in [1.807, 2.05) is 30.1 Å². The van der Waals surface area contributed by atoms with Gasteiger partial charge in [-0.15, -0.1) is 0 Å². The van der Waals surface area contributed by atoms with Gasteiger partial charge in [-0.25, -0.2) is 0 Å². The summed E-state index contributed by atoms with van der Waals surface area (Å²) in [5.41, 5.74) is 2.17. The van der Waals surface area contributed by atoms with Gasteiger partial charge in [-0.2, -0.15) is 0 Å². The molecule has 1 aromatic carbocycles. The lowest BCUT2D eigenvalue weighted by Crippen LogP contribution is -2.41. The molecular formula is C18H24N4O2. The number of hydrogen-bond acceptors (Lipinski definition) is 4. The van der Waals surface area contributed by atoms with E-state index in [0.717, 1.165) is 23.8 Å². The maximum Gasteiger partial charge on any atom is 0.193 e. The molecule has 6 nitrogen and oxygen atoms in total. The van der Waals surface area contributed by atoms with Gasteiger partial charge in [0.05, 0.1) is 13.7 Å². The number of rotatable bonds is 5. The van der Waals surface area contributed by atoms with Crippen molar-refractivity contribution < 1.29 is 9.26 Å². The van der Waals surface area contributed by atoms with Gasteiger partial charge in [0.1, 0.15) is 17.7 Å². The molecule has 0 radical (unpaired) electrons. The summed E-state index contributed by atoms with van der Waals surface area (Å²) in [5, 5.41) is 7.51. The second-order valence-electron chi connectivity index (χ2n) is 6.41. The average Bonchev–Trinajstić information content (AvgIpc) is 2.99. The summed E-state index contributed by atoms with van der Waals surface area (Å²) in [6, 6.07) is 10.4. The molecule has 1 fully saturated rings. The molecule has 0 bridgehead atoms. The largest absolute Gasteiger partial charge is 0.496 e. The predicted octanol–water partition coefficient (Wildman–Crippen LogP) is 2.42. The van der Waals surface area contributed by atoms with Crippen molar-refractivity contribution in [2.24, 2.45) is 4.99 Å². The van der Waals surface area contributed by atoms with Crippen LogP contribution in [-0.4, -0.2) is 43.3 Å². The lowest BCUT2D eigenvalue weighted by Gasteiger charge is -2.23. The first-order valence-electron chi connectivity index (χ1n) is 8.05. The van der Waals surface area contributed by atoms with Crippen molar-refractivity contribution in [1.82, 2.24) is 15.4 Å². The molecule has 1 heterocycles. The van der Waals surface area contributed by atoms with E-state index in [2.05, 4.69) is 34.5 Å². The van der Waals surface area contributed by atoms with Crippen molar-refractivity contribution in [2.75, 3.05) is 21.2 Å². The zero-order chi connectivity index (χ0) is 17.2. The van der Waals surface area contributed by atoms with Gasteiger partial charge >= 0.3 is 0 Å². The molecule has 0 amide bonds. The monoisotopic (exact) mass is 328 g/mol. The second-order valence-corrected chi connectivity index (χ2v) is 6.41. The lowest BCUT2D eigenvalue weighted by atomic mass is 9.96. The van der Waals surface area contributed by atoms with Gasteiger partial charge in [-0.05, 0) is 12.5 Å². The summed E-state index contributed by atoms with van der Waals surface area (Å²) in [6.45, 7) is 2.90. The summed E-state index contributed by atoms with van der Waals surface area (Å²) in [6.07, 6.45) is 2.63. The Morgan fingerprint density at radius 3 is 2.92 bits per heavy atom. The molecule has 2 unspecified atom stereocenters. The third kappa shape index (κ3) is 3.09. The summed E-state index contributed by atoms with van der Waals surface area (Å²) < 4.78 is 10.4. The normalized spacial score (nSPS) is 23.0. The minimum atomic E-state index is 0.0529. The number of nitrogens with one attached hydrogen (secondary N) is 1. The van der Waals surface area contributed by atoms with E-state index in [1.54, 1.807) is 20.4 Å². The molecule has 1 aliphatic rings. The van der Waals surface area contributed by atoms with Crippen molar-refractivity contribution in [2.45, 2.75) is 31.3 Å². The molecule has 3 rings (SSSR count). The standard InChI is InChI=1S/C18H24N4O2/c1-18(14-7-5-6-8-15(14)23-4)11-16(18)20-17(19-2)22(3)12-13-9-10-24-21-13/h5-10,16H,11-12H2,1-4H3,(H,19,20). The number of aromatic nitrogens is 1. The molecule has 6 heteroatoms. The molecule has 1 aromatic heterocycles. The van der Waals surface area contributed by atoms with Gasteiger partial charge in [0, 0.05) is 37.2 Å². The molecule has 0 saturated heterocycles. The van der Waals surface area contributed by atoms with Crippen LogP contribution in [-0.2, 0) is 12.0 Å². The number of methoxy groups -OCH3 is 1. The van der Waals surface area contributed by atoms with Crippen LogP contribution in [0.15, 0.2) is 46.1 Å². The summed E-state index contributed by atoms with van der Waals surface area (Å²) in [4.78, 5) is 6.43. The number of ether oxygens (including phenoxy) is 1. The van der Waals surface area contributed by atoms with E-state index in [0.29, 0.717) is 12.6 Å². The first-order valence-corrected chi connectivity index (χ1v) is 8.05. The Hall–Kier alpha value is -2.50. The fourth-order valence-electron chi connectivity index (χ4n) is 3.13. The van der Waals surface area contributed by atoms with Gasteiger partial charge in [0.15, 0.2) is 5.96 Å². The molecule has 1 aliphatic carbocycles. The highest BCUT2D eigenvalue weighted by Gasteiger charge is 2.53. The Bertz CT molecular complexity index is 714. The summed E-state index contributed by atoms with van der Waals surface area (Å²) in [7, 11) is 5.51. The van der Waals surface area contributed by atoms with Crippen molar-refractivity contribution >= 4 is 5.96 Å². The van der Waals surface area contributed by atoms with E-state index in [4.69, 9.17) is 9.26 Å². The van der Waals surface area contributed by atoms with E-state index in [9.17, 15) is 0 Å². The molecule has 1 saturated carbocycles. The zero-order valence-electron chi connectivity index (χ0n) is 14.6. The number of para-hydroxylation sites is 1. The maximum atomic E-state index is 5.52. The second kappa shape index (κ2) is 6.55. The number of nitrogens with zero attached hydrogens (tertiary/aromatic N) is 3. The van der Waals surface area contributed by atoms with Crippen LogP contribution in [0.4, 0.5) is 0 Å². The van der Waals surface area contributed by atoms with Crippen LogP contribution in [0, 0.1) is 0 Å². The van der Waals surface area contributed by atoms with E-state index in [1.165, 1.54) is 5.56 Å². The minimum absolute atomic E-state index is 0.0529. The Balaban J connectivity index is 1.68. The summed E-state index contributed by atoms with van der Waals surface area (Å²) in [5.74, 6) is 1.79. The highest BCUT2D eigenvalue weighted by Crippen LogP contribution is 2.51. The van der Waals surface area contributed by atoms with Crippen molar-refractivity contribution in [3.05, 3.63) is 47.9 Å². The predicted molar refractivity (Wildman–Crippen MR) is 93.2 cm³/mol. The number of benzene rings is 1. The van der Waals surface area contributed by atoms with Crippen LogP contribution in [0.2, 0.25) is 0 Å². The van der Waals surface area contributed by atoms with Gasteiger partial charge in [-0.1, -0.05) is 30.3 Å². The molecule has 1 N–H and O–H groups in total. The van der Waals surface area contributed by atoms with Crippen LogP contribution < -0.4 is 10.1 Å². The topological polar surface area (TPSA) is 62.9 Å². The quantitative estimate of drug-likeness (QED) is 0.674. The van der Waals surface area contributed by atoms with Gasteiger partial charge < -0.3 is 19.5 Å².